The molecule has 0 saturated heterocycles. The van der Waals surface area contributed by atoms with Gasteiger partial charge in [0.2, 0.25) is 0 Å². The molecule has 1 aromatic rings. The second-order valence-corrected chi connectivity index (χ2v) is 3.66. The van der Waals surface area contributed by atoms with E-state index in [0.717, 1.165) is 26.1 Å². The molecule has 1 aromatic heterocycles. The van der Waals surface area contributed by atoms with Gasteiger partial charge in [0.15, 0.2) is 0 Å². The van der Waals surface area contributed by atoms with Gasteiger partial charge in [-0.15, -0.1) is 0 Å². The van der Waals surface area contributed by atoms with Crippen molar-refractivity contribution in [1.29, 1.82) is 0 Å². The summed E-state index contributed by atoms with van der Waals surface area (Å²) in [7, 11) is 0. The molecule has 0 fully saturated rings. The van der Waals surface area contributed by atoms with Crippen molar-refractivity contribution in [1.82, 2.24) is 10.3 Å². The number of pyridine rings is 1. The Bertz CT molecular complexity index is 236. The summed E-state index contributed by atoms with van der Waals surface area (Å²) in [6, 6.07) is 4.07. The number of aromatic nitrogens is 1. The van der Waals surface area contributed by atoms with E-state index < -0.39 is 0 Å². The van der Waals surface area contributed by atoms with Crippen LogP contribution >= 0.6 is 0 Å². The molecule has 1 heterocycles. The standard InChI is InChI=1S/C11H19N3/c1-10(7-12)8-14-6-4-11-3-2-5-13-9-11/h2-3,5,9-10,14H,4,6-8,12H2,1H3. The van der Waals surface area contributed by atoms with Crippen LogP contribution in [0.2, 0.25) is 0 Å². The molecule has 0 spiro atoms. The predicted molar refractivity (Wildman–Crippen MR) is 59.0 cm³/mol. The molecule has 1 atom stereocenters. The fourth-order valence-electron chi connectivity index (χ4n) is 1.21. The van der Waals surface area contributed by atoms with Crippen LogP contribution in [0.5, 0.6) is 0 Å². The van der Waals surface area contributed by atoms with Crippen LogP contribution in [-0.2, 0) is 6.42 Å². The maximum Gasteiger partial charge on any atom is 0.0300 e. The normalized spacial score (nSPS) is 12.7. The molecule has 0 aliphatic rings. The molecular weight excluding hydrogens is 174 g/mol. The minimum Gasteiger partial charge on any atom is -0.330 e. The zero-order chi connectivity index (χ0) is 10.2. The van der Waals surface area contributed by atoms with Crippen LogP contribution < -0.4 is 11.1 Å². The summed E-state index contributed by atoms with van der Waals surface area (Å²) >= 11 is 0. The first-order valence-corrected chi connectivity index (χ1v) is 5.12. The van der Waals surface area contributed by atoms with Crippen LogP contribution in [0.4, 0.5) is 0 Å². The van der Waals surface area contributed by atoms with Crippen LogP contribution in [0.15, 0.2) is 24.5 Å². The van der Waals surface area contributed by atoms with Gasteiger partial charge < -0.3 is 11.1 Å². The van der Waals surface area contributed by atoms with Crippen molar-refractivity contribution in [2.45, 2.75) is 13.3 Å². The lowest BCUT2D eigenvalue weighted by Crippen LogP contribution is -2.27. The zero-order valence-corrected chi connectivity index (χ0v) is 8.74. The molecule has 0 aliphatic carbocycles. The number of rotatable bonds is 6. The summed E-state index contributed by atoms with van der Waals surface area (Å²) in [5.74, 6) is 0.559. The highest BCUT2D eigenvalue weighted by molar-refractivity contribution is 5.08. The summed E-state index contributed by atoms with van der Waals surface area (Å²) in [6.45, 7) is 4.89. The van der Waals surface area contributed by atoms with Gasteiger partial charge in [-0.25, -0.2) is 0 Å². The lowest BCUT2D eigenvalue weighted by molar-refractivity contribution is 0.524. The molecular formula is C11H19N3. The molecule has 3 N–H and O–H groups in total. The second-order valence-electron chi connectivity index (χ2n) is 3.66. The van der Waals surface area contributed by atoms with E-state index >= 15 is 0 Å². The van der Waals surface area contributed by atoms with Gasteiger partial charge in [-0.2, -0.15) is 0 Å². The van der Waals surface area contributed by atoms with Crippen LogP contribution in [-0.4, -0.2) is 24.6 Å². The highest BCUT2D eigenvalue weighted by atomic mass is 14.9. The maximum absolute atomic E-state index is 5.52. The molecule has 0 aliphatic heterocycles. The Morgan fingerprint density at radius 1 is 1.57 bits per heavy atom. The monoisotopic (exact) mass is 193 g/mol. The highest BCUT2D eigenvalue weighted by Gasteiger charge is 1.97. The van der Waals surface area contributed by atoms with Crippen molar-refractivity contribution < 1.29 is 0 Å². The fraction of sp³-hybridized carbons (Fsp3) is 0.545. The van der Waals surface area contributed by atoms with Gasteiger partial charge in [0.05, 0.1) is 0 Å². The zero-order valence-electron chi connectivity index (χ0n) is 8.74. The highest BCUT2D eigenvalue weighted by Crippen LogP contribution is 1.95. The first-order chi connectivity index (χ1) is 6.83. The Kier molecular flexibility index (Phi) is 5.19. The lowest BCUT2D eigenvalue weighted by atomic mass is 10.2. The van der Waals surface area contributed by atoms with Crippen LogP contribution in [0.3, 0.4) is 0 Å². The molecule has 0 amide bonds. The van der Waals surface area contributed by atoms with E-state index in [1.807, 2.05) is 12.3 Å². The van der Waals surface area contributed by atoms with Crippen molar-refractivity contribution in [3.8, 4) is 0 Å². The quantitative estimate of drug-likeness (QED) is 0.657. The molecule has 1 unspecified atom stereocenters. The van der Waals surface area contributed by atoms with E-state index in [1.54, 1.807) is 6.20 Å². The first kappa shape index (κ1) is 11.1. The molecule has 0 radical (unpaired) electrons. The first-order valence-electron chi connectivity index (χ1n) is 5.12. The summed E-state index contributed by atoms with van der Waals surface area (Å²) in [5, 5.41) is 3.38. The van der Waals surface area contributed by atoms with Gasteiger partial charge in [-0.1, -0.05) is 13.0 Å². The minimum absolute atomic E-state index is 0.559. The van der Waals surface area contributed by atoms with E-state index in [9.17, 15) is 0 Å². The van der Waals surface area contributed by atoms with Gasteiger partial charge in [0.1, 0.15) is 0 Å². The van der Waals surface area contributed by atoms with Gasteiger partial charge in [-0.05, 0) is 43.6 Å². The third-order valence-electron chi connectivity index (χ3n) is 2.21. The van der Waals surface area contributed by atoms with Crippen LogP contribution in [0.1, 0.15) is 12.5 Å². The smallest absolute Gasteiger partial charge is 0.0300 e. The summed E-state index contributed by atoms with van der Waals surface area (Å²) in [4.78, 5) is 4.07. The summed E-state index contributed by atoms with van der Waals surface area (Å²) in [5.41, 5.74) is 6.79. The van der Waals surface area contributed by atoms with Crippen molar-refractivity contribution >= 4 is 0 Å². The van der Waals surface area contributed by atoms with E-state index in [-0.39, 0.29) is 0 Å². The molecule has 0 saturated carbocycles. The number of nitrogens with one attached hydrogen (secondary N) is 1. The third kappa shape index (κ3) is 4.35. The SMILES string of the molecule is CC(CN)CNCCc1cccnc1. The molecule has 78 valence electrons. The molecule has 3 heteroatoms. The van der Waals surface area contributed by atoms with Gasteiger partial charge in [0.25, 0.3) is 0 Å². The summed E-state index contributed by atoms with van der Waals surface area (Å²) in [6.07, 6.45) is 4.74. The van der Waals surface area contributed by atoms with E-state index in [4.69, 9.17) is 5.73 Å². The van der Waals surface area contributed by atoms with Crippen molar-refractivity contribution in [2.24, 2.45) is 11.7 Å². The Hall–Kier alpha value is -0.930. The number of nitrogens with zero attached hydrogens (tertiary/aromatic N) is 1. The Balaban J connectivity index is 2.10. The Morgan fingerprint density at radius 2 is 2.43 bits per heavy atom. The van der Waals surface area contributed by atoms with Gasteiger partial charge in [0, 0.05) is 12.4 Å². The number of hydrogen-bond acceptors (Lipinski definition) is 3. The molecule has 0 aromatic carbocycles. The number of hydrogen-bond donors (Lipinski definition) is 2. The average molecular weight is 193 g/mol. The molecule has 0 bridgehead atoms. The van der Waals surface area contributed by atoms with Crippen molar-refractivity contribution in [2.75, 3.05) is 19.6 Å². The Morgan fingerprint density at radius 3 is 3.07 bits per heavy atom. The average Bonchev–Trinajstić information content (AvgIpc) is 2.25. The maximum atomic E-state index is 5.52. The van der Waals surface area contributed by atoms with Crippen LogP contribution in [0.25, 0.3) is 0 Å². The van der Waals surface area contributed by atoms with E-state index in [0.29, 0.717) is 5.92 Å². The van der Waals surface area contributed by atoms with Crippen molar-refractivity contribution in [3.05, 3.63) is 30.1 Å². The van der Waals surface area contributed by atoms with E-state index in [1.165, 1.54) is 5.56 Å². The predicted octanol–water partition coefficient (Wildman–Crippen LogP) is 0.808. The second kappa shape index (κ2) is 6.51. The summed E-state index contributed by atoms with van der Waals surface area (Å²) < 4.78 is 0. The van der Waals surface area contributed by atoms with Gasteiger partial charge >= 0.3 is 0 Å². The topological polar surface area (TPSA) is 50.9 Å². The lowest BCUT2D eigenvalue weighted by Gasteiger charge is -2.09. The van der Waals surface area contributed by atoms with Gasteiger partial charge in [-0.3, -0.25) is 4.98 Å². The fourth-order valence-corrected chi connectivity index (χ4v) is 1.21. The minimum atomic E-state index is 0.559. The van der Waals surface area contributed by atoms with E-state index in [2.05, 4.69) is 23.3 Å². The number of nitrogens with two attached hydrogens (primary N) is 1. The largest absolute Gasteiger partial charge is 0.330 e. The van der Waals surface area contributed by atoms with Crippen molar-refractivity contribution in [3.63, 3.8) is 0 Å². The Labute approximate surface area is 85.7 Å². The third-order valence-corrected chi connectivity index (χ3v) is 2.21. The molecule has 14 heavy (non-hydrogen) atoms. The molecule has 1 rings (SSSR count). The van der Waals surface area contributed by atoms with Crippen LogP contribution in [0, 0.1) is 5.92 Å². The molecule has 3 nitrogen and oxygen atoms in total.